The highest BCUT2D eigenvalue weighted by Gasteiger charge is 2.33. The number of halogens is 3. The summed E-state index contributed by atoms with van der Waals surface area (Å²) in [6, 6.07) is 0.0822. The van der Waals surface area contributed by atoms with Gasteiger partial charge in [0.2, 0.25) is 0 Å². The van der Waals surface area contributed by atoms with E-state index in [1.54, 1.807) is 11.6 Å². The van der Waals surface area contributed by atoms with Crippen LogP contribution in [0.2, 0.25) is 0 Å². The van der Waals surface area contributed by atoms with Gasteiger partial charge in [-0.25, -0.2) is 18.0 Å². The number of rotatable bonds is 4. The van der Waals surface area contributed by atoms with Crippen LogP contribution in [0.25, 0.3) is 0 Å². The first kappa shape index (κ1) is 16.6. The molecule has 1 aromatic rings. The zero-order chi connectivity index (χ0) is 16.7. The number of carbonyl (C=O) groups is 1. The molecule has 1 aliphatic heterocycles. The van der Waals surface area contributed by atoms with Crippen molar-refractivity contribution in [2.24, 2.45) is 0 Å². The predicted octanol–water partition coefficient (Wildman–Crippen LogP) is 1.94. The number of benzene rings is 1. The fourth-order valence-corrected chi connectivity index (χ4v) is 3.79. The maximum Gasteiger partial charge on any atom is 0.338 e. The third-order valence-electron chi connectivity index (χ3n) is 3.42. The molecule has 10 heteroatoms. The molecule has 122 valence electrons. The van der Waals surface area contributed by atoms with E-state index in [-0.39, 0.29) is 12.6 Å². The fraction of sp³-hybridized carbons (Fsp3) is 0.417. The Labute approximate surface area is 124 Å². The number of hydrogen-bond donors (Lipinski definition) is 2. The van der Waals surface area contributed by atoms with Crippen molar-refractivity contribution in [1.82, 2.24) is 4.31 Å². The van der Waals surface area contributed by atoms with Crippen LogP contribution in [0.3, 0.4) is 0 Å². The van der Waals surface area contributed by atoms with E-state index in [0.717, 1.165) is 4.31 Å². The minimum atomic E-state index is -4.20. The topological polar surface area (TPSA) is 86.7 Å². The molecule has 6 nitrogen and oxygen atoms in total. The number of carboxylic acid groups (broad SMARTS) is 1. The second-order valence-corrected chi connectivity index (χ2v) is 6.55. The highest BCUT2D eigenvalue weighted by molar-refractivity contribution is 7.90. The summed E-state index contributed by atoms with van der Waals surface area (Å²) in [5.41, 5.74) is -2.11. The van der Waals surface area contributed by atoms with Crippen LogP contribution < -0.4 is 4.72 Å². The zero-order valence-electron chi connectivity index (χ0n) is 11.4. The third kappa shape index (κ3) is 2.88. The van der Waals surface area contributed by atoms with Gasteiger partial charge in [-0.05, 0) is 25.8 Å². The van der Waals surface area contributed by atoms with Crippen LogP contribution in [0.1, 0.15) is 30.1 Å². The first-order valence-electron chi connectivity index (χ1n) is 6.35. The van der Waals surface area contributed by atoms with Gasteiger partial charge in [0.15, 0.2) is 17.5 Å². The smallest absolute Gasteiger partial charge is 0.338 e. The Balaban J connectivity index is 2.43. The van der Waals surface area contributed by atoms with Gasteiger partial charge in [-0.2, -0.15) is 12.7 Å². The lowest BCUT2D eigenvalue weighted by molar-refractivity contribution is 0.0690. The van der Waals surface area contributed by atoms with Crippen LogP contribution in [-0.2, 0) is 10.2 Å². The fourth-order valence-electron chi connectivity index (χ4n) is 2.30. The molecule has 1 fully saturated rings. The first-order chi connectivity index (χ1) is 10.1. The molecule has 1 heterocycles. The van der Waals surface area contributed by atoms with E-state index in [1.165, 1.54) is 0 Å². The zero-order valence-corrected chi connectivity index (χ0v) is 12.3. The van der Waals surface area contributed by atoms with Gasteiger partial charge in [-0.3, -0.25) is 4.72 Å². The number of nitrogens with zero attached hydrogens (tertiary/aromatic N) is 1. The molecule has 1 saturated heterocycles. The van der Waals surface area contributed by atoms with Crippen molar-refractivity contribution in [2.45, 2.75) is 25.8 Å². The predicted molar refractivity (Wildman–Crippen MR) is 71.2 cm³/mol. The number of anilines is 1. The van der Waals surface area contributed by atoms with Crippen molar-refractivity contribution < 1.29 is 31.5 Å². The second-order valence-electron chi connectivity index (χ2n) is 4.93. The summed E-state index contributed by atoms with van der Waals surface area (Å²) in [5, 5.41) is 8.74. The SMILES string of the molecule is CC1CCCN1S(=O)(=O)Nc1cc(C(=O)O)c(F)c(F)c1F. The molecule has 2 N–H and O–H groups in total. The largest absolute Gasteiger partial charge is 0.478 e. The van der Waals surface area contributed by atoms with E-state index >= 15 is 0 Å². The molecule has 0 radical (unpaired) electrons. The van der Waals surface area contributed by atoms with Crippen LogP contribution in [0.15, 0.2) is 6.07 Å². The van der Waals surface area contributed by atoms with E-state index in [0.29, 0.717) is 18.9 Å². The van der Waals surface area contributed by atoms with Gasteiger partial charge in [-0.15, -0.1) is 0 Å². The molecule has 0 saturated carbocycles. The van der Waals surface area contributed by atoms with Gasteiger partial charge in [-0.1, -0.05) is 0 Å². The van der Waals surface area contributed by atoms with Crippen LogP contribution in [-0.4, -0.2) is 36.4 Å². The van der Waals surface area contributed by atoms with E-state index < -0.39 is 44.9 Å². The molecular weight excluding hydrogens is 325 g/mol. The number of nitrogens with one attached hydrogen (secondary N) is 1. The van der Waals surface area contributed by atoms with Gasteiger partial charge < -0.3 is 5.11 Å². The number of hydrogen-bond acceptors (Lipinski definition) is 3. The van der Waals surface area contributed by atoms with Gasteiger partial charge in [0, 0.05) is 12.6 Å². The molecule has 0 amide bonds. The van der Waals surface area contributed by atoms with E-state index in [1.807, 2.05) is 0 Å². The Morgan fingerprint density at radius 2 is 1.95 bits per heavy atom. The van der Waals surface area contributed by atoms with Crippen molar-refractivity contribution in [3.8, 4) is 0 Å². The molecule has 22 heavy (non-hydrogen) atoms. The monoisotopic (exact) mass is 338 g/mol. The Bertz CT molecular complexity index is 724. The van der Waals surface area contributed by atoms with Gasteiger partial charge >= 0.3 is 16.2 Å². The minimum Gasteiger partial charge on any atom is -0.478 e. The lowest BCUT2D eigenvalue weighted by atomic mass is 10.1. The van der Waals surface area contributed by atoms with Crippen LogP contribution in [0, 0.1) is 17.5 Å². The second kappa shape index (κ2) is 5.76. The Morgan fingerprint density at radius 3 is 2.45 bits per heavy atom. The van der Waals surface area contributed by atoms with Crippen molar-refractivity contribution >= 4 is 21.9 Å². The van der Waals surface area contributed by atoms with Crippen LogP contribution in [0.5, 0.6) is 0 Å². The highest BCUT2D eigenvalue weighted by Crippen LogP contribution is 2.27. The number of carboxylic acids is 1. The van der Waals surface area contributed by atoms with Crippen molar-refractivity contribution in [1.29, 1.82) is 0 Å². The standard InChI is InChI=1S/C12H13F3N2O4S/c1-6-3-2-4-17(6)22(20,21)16-8-5-7(12(18)19)9(13)11(15)10(8)14/h5-6,16H,2-4H2,1H3,(H,18,19). The molecule has 1 aromatic carbocycles. The molecule has 2 rings (SSSR count). The summed E-state index contributed by atoms with van der Waals surface area (Å²) < 4.78 is 67.4. The number of aromatic carboxylic acids is 1. The van der Waals surface area contributed by atoms with Gasteiger partial charge in [0.05, 0.1) is 5.69 Å². The summed E-state index contributed by atoms with van der Waals surface area (Å²) in [4.78, 5) is 10.8. The maximum atomic E-state index is 13.7. The summed E-state index contributed by atoms with van der Waals surface area (Å²) in [6.45, 7) is 1.85. The van der Waals surface area contributed by atoms with Crippen LogP contribution in [0.4, 0.5) is 18.9 Å². The molecule has 0 aromatic heterocycles. The minimum absolute atomic E-state index is 0.202. The molecule has 0 spiro atoms. The van der Waals surface area contributed by atoms with E-state index in [4.69, 9.17) is 5.11 Å². The van der Waals surface area contributed by atoms with Gasteiger partial charge in [0.1, 0.15) is 5.56 Å². The normalized spacial score (nSPS) is 19.4. The molecule has 0 bridgehead atoms. The molecular formula is C12H13F3N2O4S. The first-order valence-corrected chi connectivity index (χ1v) is 7.79. The van der Waals surface area contributed by atoms with Crippen molar-refractivity contribution in [3.63, 3.8) is 0 Å². The molecule has 1 aliphatic rings. The molecule has 1 unspecified atom stereocenters. The lowest BCUT2D eigenvalue weighted by Gasteiger charge is -2.22. The van der Waals surface area contributed by atoms with E-state index in [9.17, 15) is 26.4 Å². The summed E-state index contributed by atoms with van der Waals surface area (Å²) >= 11 is 0. The summed E-state index contributed by atoms with van der Waals surface area (Å²) in [7, 11) is -4.20. The average molecular weight is 338 g/mol. The highest BCUT2D eigenvalue weighted by atomic mass is 32.2. The van der Waals surface area contributed by atoms with Crippen LogP contribution >= 0.6 is 0 Å². The third-order valence-corrected chi connectivity index (χ3v) is 5.05. The molecule has 0 aliphatic carbocycles. The Morgan fingerprint density at radius 1 is 1.32 bits per heavy atom. The van der Waals surface area contributed by atoms with Crippen molar-refractivity contribution in [2.75, 3.05) is 11.3 Å². The Kier molecular flexibility index (Phi) is 4.34. The quantitative estimate of drug-likeness (QED) is 0.822. The summed E-state index contributed by atoms with van der Waals surface area (Å²) in [6.07, 6.45) is 1.23. The maximum absolute atomic E-state index is 13.7. The average Bonchev–Trinajstić information content (AvgIpc) is 2.86. The Hall–Kier alpha value is -1.81. The van der Waals surface area contributed by atoms with Gasteiger partial charge in [0.25, 0.3) is 0 Å². The van der Waals surface area contributed by atoms with E-state index in [2.05, 4.69) is 0 Å². The lowest BCUT2D eigenvalue weighted by Crippen LogP contribution is -2.38. The summed E-state index contributed by atoms with van der Waals surface area (Å²) in [5.74, 6) is -7.57. The van der Waals surface area contributed by atoms with Crippen molar-refractivity contribution in [3.05, 3.63) is 29.1 Å². The molecule has 1 atom stereocenters.